The van der Waals surface area contributed by atoms with E-state index in [1.165, 1.54) is 0 Å². The topological polar surface area (TPSA) is 56.0 Å². The fourth-order valence-electron chi connectivity index (χ4n) is 1.92. The van der Waals surface area contributed by atoms with E-state index >= 15 is 0 Å². The number of hydrogen-bond acceptors (Lipinski definition) is 3. The van der Waals surface area contributed by atoms with E-state index in [1.54, 1.807) is 0 Å². The number of hydrogen-bond donors (Lipinski definition) is 1. The molecule has 0 amide bonds. The summed E-state index contributed by atoms with van der Waals surface area (Å²) < 4.78 is 0. The molecule has 0 spiro atoms. The Kier molecular flexibility index (Phi) is 3.18. The van der Waals surface area contributed by atoms with Gasteiger partial charge in [-0.25, -0.2) is 0 Å². The fourth-order valence-corrected chi connectivity index (χ4v) is 1.92. The lowest BCUT2D eigenvalue weighted by Gasteiger charge is -2.17. The van der Waals surface area contributed by atoms with Crippen molar-refractivity contribution in [2.75, 3.05) is 0 Å². The second kappa shape index (κ2) is 4.50. The number of benzene rings is 1. The van der Waals surface area contributed by atoms with Crippen molar-refractivity contribution in [1.29, 1.82) is 0 Å². The number of ketones is 1. The molecule has 0 aliphatic heterocycles. The Hall–Kier alpha value is -1.74. The summed E-state index contributed by atoms with van der Waals surface area (Å²) in [7, 11) is 0. The van der Waals surface area contributed by atoms with Gasteiger partial charge in [0.25, 0.3) is 0 Å². The lowest BCUT2D eigenvalue weighted by molar-refractivity contribution is 0.0960. The Bertz CT molecular complexity index is 597. The van der Waals surface area contributed by atoms with Gasteiger partial charge in [0.2, 0.25) is 0 Å². The molecule has 2 rings (SSSR count). The van der Waals surface area contributed by atoms with Gasteiger partial charge in [0.15, 0.2) is 5.78 Å². The van der Waals surface area contributed by atoms with Gasteiger partial charge >= 0.3 is 0 Å². The number of fused-ring (bicyclic) bond motifs is 1. The highest BCUT2D eigenvalue weighted by atomic mass is 16.1. The van der Waals surface area contributed by atoms with Gasteiger partial charge < -0.3 is 5.73 Å². The van der Waals surface area contributed by atoms with Crippen LogP contribution in [0, 0.1) is 6.92 Å². The highest BCUT2D eigenvalue weighted by Crippen LogP contribution is 2.17. The fraction of sp³-hybridized carbons (Fsp3) is 0.333. The first-order valence-electron chi connectivity index (χ1n) is 6.05. The summed E-state index contributed by atoms with van der Waals surface area (Å²) >= 11 is 0. The molecule has 2 aromatic rings. The molecule has 0 atom stereocenters. The molecule has 1 aromatic carbocycles. The number of aromatic nitrogens is 1. The van der Waals surface area contributed by atoms with E-state index < -0.39 is 5.54 Å². The van der Waals surface area contributed by atoms with Gasteiger partial charge in [-0.1, -0.05) is 6.07 Å². The van der Waals surface area contributed by atoms with Crippen LogP contribution in [0.1, 0.15) is 36.3 Å². The van der Waals surface area contributed by atoms with Gasteiger partial charge in [0.1, 0.15) is 0 Å². The van der Waals surface area contributed by atoms with E-state index in [9.17, 15) is 4.79 Å². The van der Waals surface area contributed by atoms with E-state index in [-0.39, 0.29) is 5.78 Å². The number of aryl methyl sites for hydroxylation is 1. The molecule has 0 fully saturated rings. The highest BCUT2D eigenvalue weighted by molar-refractivity contribution is 5.99. The number of carbonyl (C=O) groups excluding carboxylic acids is 1. The van der Waals surface area contributed by atoms with Crippen LogP contribution in [-0.2, 0) is 0 Å². The monoisotopic (exact) mass is 242 g/mol. The number of rotatable bonds is 3. The minimum atomic E-state index is -0.475. The Morgan fingerprint density at radius 3 is 2.67 bits per heavy atom. The van der Waals surface area contributed by atoms with Crippen LogP contribution in [0.4, 0.5) is 0 Å². The molecular formula is C15H18N2O. The van der Waals surface area contributed by atoms with E-state index in [1.807, 2.05) is 51.1 Å². The summed E-state index contributed by atoms with van der Waals surface area (Å²) in [6.07, 6.45) is 0.345. The summed E-state index contributed by atoms with van der Waals surface area (Å²) in [5.41, 5.74) is 7.99. The number of carbonyl (C=O) groups is 1. The second-order valence-electron chi connectivity index (χ2n) is 5.45. The predicted molar refractivity (Wildman–Crippen MR) is 73.7 cm³/mol. The van der Waals surface area contributed by atoms with Crippen LogP contribution in [-0.4, -0.2) is 16.3 Å². The molecule has 1 aromatic heterocycles. The zero-order valence-corrected chi connectivity index (χ0v) is 11.0. The molecule has 0 bridgehead atoms. The molecular weight excluding hydrogens is 224 g/mol. The van der Waals surface area contributed by atoms with Gasteiger partial charge in [-0.15, -0.1) is 0 Å². The standard InChI is InChI=1S/C15H18N2O/c1-10-4-5-11-8-12(6-7-13(11)17-10)14(18)9-15(2,3)16/h4-8H,9,16H2,1-3H3. The molecule has 3 heteroatoms. The maximum absolute atomic E-state index is 12.1. The first-order valence-corrected chi connectivity index (χ1v) is 6.05. The zero-order chi connectivity index (χ0) is 13.3. The van der Waals surface area contributed by atoms with E-state index in [4.69, 9.17) is 5.73 Å². The van der Waals surface area contributed by atoms with Crippen molar-refractivity contribution in [3.05, 3.63) is 41.6 Å². The van der Waals surface area contributed by atoms with Gasteiger partial charge in [-0.05, 0) is 45.0 Å². The first-order chi connectivity index (χ1) is 8.35. The summed E-state index contributed by atoms with van der Waals surface area (Å²) in [5.74, 6) is 0.0741. The average molecular weight is 242 g/mol. The van der Waals surface area contributed by atoms with Crippen molar-refractivity contribution in [2.45, 2.75) is 32.7 Å². The number of Topliss-reactive ketones (excluding diaryl/α,β-unsaturated/α-hetero) is 1. The van der Waals surface area contributed by atoms with Gasteiger partial charge in [-0.3, -0.25) is 9.78 Å². The summed E-state index contributed by atoms with van der Waals surface area (Å²) in [6, 6.07) is 9.53. The Morgan fingerprint density at radius 1 is 1.28 bits per heavy atom. The molecule has 3 nitrogen and oxygen atoms in total. The normalized spacial score (nSPS) is 11.8. The van der Waals surface area contributed by atoms with Crippen molar-refractivity contribution in [2.24, 2.45) is 5.73 Å². The lowest BCUT2D eigenvalue weighted by Crippen LogP contribution is -2.34. The number of pyridine rings is 1. The van der Waals surface area contributed by atoms with Crippen molar-refractivity contribution in [3.63, 3.8) is 0 Å². The van der Waals surface area contributed by atoms with Gasteiger partial charge in [0.05, 0.1) is 5.52 Å². The third-order valence-electron chi connectivity index (χ3n) is 2.77. The molecule has 0 aliphatic carbocycles. The minimum absolute atomic E-state index is 0.0741. The first kappa shape index (κ1) is 12.7. The Balaban J connectivity index is 2.36. The molecule has 0 radical (unpaired) electrons. The molecule has 1 heterocycles. The van der Waals surface area contributed by atoms with E-state index in [0.29, 0.717) is 12.0 Å². The van der Waals surface area contributed by atoms with Crippen LogP contribution in [0.5, 0.6) is 0 Å². The quantitative estimate of drug-likeness (QED) is 0.842. The Morgan fingerprint density at radius 2 is 2.00 bits per heavy atom. The van der Waals surface area contributed by atoms with Crippen LogP contribution >= 0.6 is 0 Å². The van der Waals surface area contributed by atoms with Crippen molar-refractivity contribution >= 4 is 16.7 Å². The maximum Gasteiger partial charge on any atom is 0.164 e. The van der Waals surface area contributed by atoms with Crippen LogP contribution in [0.25, 0.3) is 10.9 Å². The smallest absolute Gasteiger partial charge is 0.164 e. The number of nitrogens with zero attached hydrogens (tertiary/aromatic N) is 1. The van der Waals surface area contributed by atoms with Gasteiger partial charge in [-0.2, -0.15) is 0 Å². The second-order valence-corrected chi connectivity index (χ2v) is 5.45. The third kappa shape index (κ3) is 2.93. The molecule has 0 unspecified atom stereocenters. The molecule has 0 aliphatic rings. The van der Waals surface area contributed by atoms with Crippen LogP contribution in [0.2, 0.25) is 0 Å². The van der Waals surface area contributed by atoms with Crippen molar-refractivity contribution in [1.82, 2.24) is 4.98 Å². The molecule has 94 valence electrons. The molecule has 0 saturated heterocycles. The summed E-state index contributed by atoms with van der Waals surface area (Å²) in [6.45, 7) is 5.67. The van der Waals surface area contributed by atoms with Crippen molar-refractivity contribution in [3.8, 4) is 0 Å². The van der Waals surface area contributed by atoms with E-state index in [2.05, 4.69) is 4.98 Å². The van der Waals surface area contributed by atoms with Crippen molar-refractivity contribution < 1.29 is 4.79 Å². The summed E-state index contributed by atoms with van der Waals surface area (Å²) in [5, 5.41) is 0.987. The molecule has 0 saturated carbocycles. The average Bonchev–Trinajstić information content (AvgIpc) is 2.26. The highest BCUT2D eigenvalue weighted by Gasteiger charge is 2.17. The van der Waals surface area contributed by atoms with Crippen LogP contribution in [0.15, 0.2) is 30.3 Å². The molecule has 2 N–H and O–H groups in total. The molecule has 18 heavy (non-hydrogen) atoms. The lowest BCUT2D eigenvalue weighted by atomic mass is 9.95. The SMILES string of the molecule is Cc1ccc2cc(C(=O)CC(C)(C)N)ccc2n1. The predicted octanol–water partition coefficient (Wildman–Crippen LogP) is 2.85. The zero-order valence-electron chi connectivity index (χ0n) is 11.0. The Labute approximate surface area is 107 Å². The van der Waals surface area contributed by atoms with E-state index in [0.717, 1.165) is 16.6 Å². The van der Waals surface area contributed by atoms with Gasteiger partial charge in [0, 0.05) is 28.6 Å². The third-order valence-corrected chi connectivity index (χ3v) is 2.77. The summed E-state index contributed by atoms with van der Waals surface area (Å²) in [4.78, 5) is 16.5. The minimum Gasteiger partial charge on any atom is -0.325 e. The van der Waals surface area contributed by atoms with Crippen LogP contribution in [0.3, 0.4) is 0 Å². The number of nitrogens with two attached hydrogens (primary N) is 1. The van der Waals surface area contributed by atoms with Crippen LogP contribution < -0.4 is 5.73 Å². The largest absolute Gasteiger partial charge is 0.325 e. The maximum atomic E-state index is 12.1.